The Morgan fingerprint density at radius 2 is 2.18 bits per heavy atom. The molecular weight excluding hydrogens is 283 g/mol. The van der Waals surface area contributed by atoms with Crippen molar-refractivity contribution >= 4 is 6.03 Å². The van der Waals surface area contributed by atoms with E-state index in [2.05, 4.69) is 5.32 Å². The average molecular weight is 306 g/mol. The Labute approximate surface area is 130 Å². The van der Waals surface area contributed by atoms with Gasteiger partial charge in [0, 0.05) is 31.7 Å². The molecule has 0 bridgehead atoms. The van der Waals surface area contributed by atoms with Crippen LogP contribution >= 0.6 is 0 Å². The lowest BCUT2D eigenvalue weighted by Gasteiger charge is -2.32. The van der Waals surface area contributed by atoms with E-state index in [1.54, 1.807) is 11.0 Å². The number of nitrogens with one attached hydrogen (secondary N) is 1. The first-order valence-corrected chi connectivity index (χ1v) is 8.03. The van der Waals surface area contributed by atoms with Gasteiger partial charge in [-0.15, -0.1) is 0 Å². The predicted molar refractivity (Wildman–Crippen MR) is 82.1 cm³/mol. The third-order valence-electron chi connectivity index (χ3n) is 4.94. The summed E-state index contributed by atoms with van der Waals surface area (Å²) in [4.78, 5) is 14.1. The Morgan fingerprint density at radius 3 is 2.86 bits per heavy atom. The highest BCUT2D eigenvalue weighted by Gasteiger charge is 2.46. The highest BCUT2D eigenvalue weighted by molar-refractivity contribution is 5.74. The van der Waals surface area contributed by atoms with Crippen LogP contribution in [0.1, 0.15) is 31.2 Å². The maximum atomic E-state index is 14.0. The number of hydrogen-bond acceptors (Lipinski definition) is 2. The van der Waals surface area contributed by atoms with Gasteiger partial charge in [0.05, 0.1) is 0 Å². The minimum Gasteiger partial charge on any atom is -0.396 e. The van der Waals surface area contributed by atoms with E-state index in [1.807, 2.05) is 12.1 Å². The van der Waals surface area contributed by atoms with Gasteiger partial charge in [0.15, 0.2) is 0 Å². The number of aliphatic hydroxyl groups is 1. The minimum absolute atomic E-state index is 0.0965. The van der Waals surface area contributed by atoms with Crippen molar-refractivity contribution in [2.45, 2.75) is 31.1 Å². The summed E-state index contributed by atoms with van der Waals surface area (Å²) < 4.78 is 14.0. The monoisotopic (exact) mass is 306 g/mol. The van der Waals surface area contributed by atoms with Crippen molar-refractivity contribution in [3.63, 3.8) is 0 Å². The number of benzene rings is 1. The number of nitrogens with zero attached hydrogens (tertiary/aromatic N) is 1. The lowest BCUT2D eigenvalue weighted by atomic mass is 9.95. The van der Waals surface area contributed by atoms with Crippen molar-refractivity contribution in [3.8, 4) is 0 Å². The van der Waals surface area contributed by atoms with Gasteiger partial charge in [0.2, 0.25) is 0 Å². The summed E-state index contributed by atoms with van der Waals surface area (Å²) in [5.41, 5.74) is 0.481. The molecule has 2 amide bonds. The fourth-order valence-electron chi connectivity index (χ4n) is 3.34. The van der Waals surface area contributed by atoms with E-state index in [0.717, 1.165) is 32.2 Å². The zero-order valence-electron chi connectivity index (χ0n) is 12.7. The Morgan fingerprint density at radius 1 is 1.41 bits per heavy atom. The van der Waals surface area contributed by atoms with Gasteiger partial charge >= 0.3 is 6.03 Å². The Hall–Kier alpha value is -1.62. The molecule has 1 atom stereocenters. The summed E-state index contributed by atoms with van der Waals surface area (Å²) in [5, 5.41) is 12.2. The topological polar surface area (TPSA) is 52.6 Å². The van der Waals surface area contributed by atoms with Crippen LogP contribution in [-0.4, -0.2) is 42.3 Å². The van der Waals surface area contributed by atoms with E-state index < -0.39 is 0 Å². The van der Waals surface area contributed by atoms with Gasteiger partial charge in [-0.05, 0) is 43.2 Å². The van der Waals surface area contributed by atoms with Crippen molar-refractivity contribution in [2.24, 2.45) is 5.92 Å². The molecular formula is C17H23FN2O2. The molecule has 22 heavy (non-hydrogen) atoms. The van der Waals surface area contributed by atoms with Crippen molar-refractivity contribution in [3.05, 3.63) is 35.6 Å². The summed E-state index contributed by atoms with van der Waals surface area (Å²) in [6.07, 6.45) is 3.72. The number of carbonyl (C=O) groups is 1. The molecule has 120 valence electrons. The number of amides is 2. The second kappa shape index (κ2) is 6.24. The number of piperidine rings is 1. The van der Waals surface area contributed by atoms with Gasteiger partial charge in [0.1, 0.15) is 5.82 Å². The van der Waals surface area contributed by atoms with Crippen LogP contribution in [0.4, 0.5) is 9.18 Å². The van der Waals surface area contributed by atoms with Crippen LogP contribution in [0.2, 0.25) is 0 Å². The van der Waals surface area contributed by atoms with Gasteiger partial charge in [-0.25, -0.2) is 9.18 Å². The van der Waals surface area contributed by atoms with Crippen LogP contribution < -0.4 is 5.32 Å². The minimum atomic E-state index is -0.229. The molecule has 1 aliphatic heterocycles. The Bertz CT molecular complexity index is 545. The Balaban J connectivity index is 1.58. The van der Waals surface area contributed by atoms with Gasteiger partial charge < -0.3 is 15.3 Å². The smallest absolute Gasteiger partial charge is 0.317 e. The van der Waals surface area contributed by atoms with Crippen molar-refractivity contribution in [1.29, 1.82) is 0 Å². The van der Waals surface area contributed by atoms with Gasteiger partial charge in [-0.1, -0.05) is 18.2 Å². The first kappa shape index (κ1) is 15.3. The molecule has 1 aromatic rings. The maximum absolute atomic E-state index is 14.0. The van der Waals surface area contributed by atoms with Crippen molar-refractivity contribution < 1.29 is 14.3 Å². The van der Waals surface area contributed by atoms with E-state index in [9.17, 15) is 14.3 Å². The SMILES string of the molecule is O=C(NCC1(c2ccccc2F)CC1)N1CCCC(CO)C1. The van der Waals surface area contributed by atoms with Crippen molar-refractivity contribution in [2.75, 3.05) is 26.2 Å². The standard InChI is InChI=1S/C17H23FN2O2/c18-15-6-2-1-5-14(15)17(7-8-17)12-19-16(22)20-9-3-4-13(10-20)11-21/h1-2,5-6,13,21H,3-4,7-12H2,(H,19,22). The first-order valence-electron chi connectivity index (χ1n) is 8.03. The van der Waals surface area contributed by atoms with Gasteiger partial charge in [-0.2, -0.15) is 0 Å². The molecule has 1 heterocycles. The molecule has 1 saturated carbocycles. The normalized spacial score (nSPS) is 23.2. The summed E-state index contributed by atoms with van der Waals surface area (Å²) in [5.74, 6) is -0.00600. The molecule has 1 saturated heterocycles. The predicted octanol–water partition coefficient (Wildman–Crippen LogP) is 2.27. The van der Waals surface area contributed by atoms with E-state index in [0.29, 0.717) is 18.7 Å². The maximum Gasteiger partial charge on any atom is 0.317 e. The molecule has 2 aliphatic rings. The molecule has 2 N–H and O–H groups in total. The number of halogens is 1. The lowest BCUT2D eigenvalue weighted by Crippen LogP contribution is -2.47. The molecule has 1 unspecified atom stereocenters. The molecule has 5 heteroatoms. The molecule has 3 rings (SSSR count). The molecule has 4 nitrogen and oxygen atoms in total. The number of aliphatic hydroxyl groups excluding tert-OH is 1. The van der Waals surface area contributed by atoms with Gasteiger partial charge in [-0.3, -0.25) is 0 Å². The summed E-state index contributed by atoms with van der Waals surface area (Å²) in [6.45, 7) is 1.94. The molecule has 0 spiro atoms. The fourth-order valence-corrected chi connectivity index (χ4v) is 3.34. The molecule has 1 aliphatic carbocycles. The number of urea groups is 1. The van der Waals surface area contributed by atoms with E-state index >= 15 is 0 Å². The number of hydrogen-bond donors (Lipinski definition) is 2. The summed E-state index contributed by atoms with van der Waals surface area (Å²) in [6, 6.07) is 6.73. The second-order valence-corrected chi connectivity index (χ2v) is 6.56. The lowest BCUT2D eigenvalue weighted by molar-refractivity contribution is 0.129. The average Bonchev–Trinajstić information content (AvgIpc) is 3.34. The Kier molecular flexibility index (Phi) is 4.34. The third-order valence-corrected chi connectivity index (χ3v) is 4.94. The zero-order chi connectivity index (χ0) is 15.6. The fraction of sp³-hybridized carbons (Fsp3) is 0.588. The highest BCUT2D eigenvalue weighted by atomic mass is 19.1. The van der Waals surface area contributed by atoms with Crippen LogP contribution in [-0.2, 0) is 5.41 Å². The van der Waals surface area contributed by atoms with Crippen LogP contribution in [0.15, 0.2) is 24.3 Å². The highest BCUT2D eigenvalue weighted by Crippen LogP contribution is 2.48. The number of carbonyl (C=O) groups excluding carboxylic acids is 1. The van der Waals surface area contributed by atoms with E-state index in [4.69, 9.17) is 0 Å². The number of rotatable bonds is 4. The first-order chi connectivity index (χ1) is 10.6. The quantitative estimate of drug-likeness (QED) is 0.896. The molecule has 1 aromatic carbocycles. The molecule has 2 fully saturated rings. The van der Waals surface area contributed by atoms with Crippen LogP contribution in [0, 0.1) is 11.7 Å². The van der Waals surface area contributed by atoms with E-state index in [1.165, 1.54) is 6.07 Å². The van der Waals surface area contributed by atoms with Crippen LogP contribution in [0.25, 0.3) is 0 Å². The summed E-state index contributed by atoms with van der Waals surface area (Å²) in [7, 11) is 0. The largest absolute Gasteiger partial charge is 0.396 e. The molecule has 0 aromatic heterocycles. The van der Waals surface area contributed by atoms with E-state index in [-0.39, 0.29) is 29.8 Å². The third kappa shape index (κ3) is 3.09. The molecule has 0 radical (unpaired) electrons. The summed E-state index contributed by atoms with van der Waals surface area (Å²) >= 11 is 0. The van der Waals surface area contributed by atoms with Crippen molar-refractivity contribution in [1.82, 2.24) is 10.2 Å². The zero-order valence-corrected chi connectivity index (χ0v) is 12.7. The van der Waals surface area contributed by atoms with Crippen LogP contribution in [0.5, 0.6) is 0 Å². The van der Waals surface area contributed by atoms with Gasteiger partial charge in [0.25, 0.3) is 0 Å². The second-order valence-electron chi connectivity index (χ2n) is 6.56. The number of likely N-dealkylation sites (tertiary alicyclic amines) is 1. The van der Waals surface area contributed by atoms with Crippen LogP contribution in [0.3, 0.4) is 0 Å².